The molecule has 0 aliphatic rings. The van der Waals surface area contributed by atoms with Crippen LogP contribution < -0.4 is 5.32 Å². The Balaban J connectivity index is 3.63. The van der Waals surface area contributed by atoms with Crippen molar-refractivity contribution in [3.05, 3.63) is 11.6 Å². The number of hydrogen-bond acceptors (Lipinski definition) is 1. The SMILES string of the molecule is C/C=C(\C)[C@H](C)NC. The van der Waals surface area contributed by atoms with Crippen LogP contribution in [-0.2, 0) is 0 Å². The molecule has 0 bridgehead atoms. The molecule has 0 amide bonds. The molecule has 0 fully saturated rings. The van der Waals surface area contributed by atoms with Gasteiger partial charge in [-0.25, -0.2) is 0 Å². The van der Waals surface area contributed by atoms with E-state index >= 15 is 0 Å². The lowest BCUT2D eigenvalue weighted by atomic mass is 10.1. The molecule has 1 nitrogen and oxygen atoms in total. The van der Waals surface area contributed by atoms with E-state index in [0.717, 1.165) is 0 Å². The van der Waals surface area contributed by atoms with Crippen LogP contribution in [0.5, 0.6) is 0 Å². The van der Waals surface area contributed by atoms with Crippen LogP contribution in [0.15, 0.2) is 11.6 Å². The summed E-state index contributed by atoms with van der Waals surface area (Å²) in [6.07, 6.45) is 2.13. The topological polar surface area (TPSA) is 12.0 Å². The van der Waals surface area contributed by atoms with Gasteiger partial charge in [-0.1, -0.05) is 11.6 Å². The highest BCUT2D eigenvalue weighted by atomic mass is 14.8. The maximum Gasteiger partial charge on any atom is 0.0245 e. The average Bonchev–Trinajstić information content (AvgIpc) is 1.84. The number of nitrogens with one attached hydrogen (secondary N) is 1. The zero-order valence-corrected chi connectivity index (χ0v) is 6.15. The Labute approximate surface area is 51.8 Å². The van der Waals surface area contributed by atoms with Crippen molar-refractivity contribution in [1.82, 2.24) is 5.32 Å². The van der Waals surface area contributed by atoms with Crippen molar-refractivity contribution < 1.29 is 0 Å². The molecule has 0 aliphatic carbocycles. The highest BCUT2D eigenvalue weighted by molar-refractivity contribution is 5.03. The van der Waals surface area contributed by atoms with Crippen molar-refractivity contribution in [3.8, 4) is 0 Å². The Kier molecular flexibility index (Phi) is 3.53. The molecule has 0 aliphatic heterocycles. The summed E-state index contributed by atoms with van der Waals surface area (Å²) in [5, 5.41) is 3.15. The van der Waals surface area contributed by atoms with Gasteiger partial charge in [0.1, 0.15) is 0 Å². The Bertz CT molecular complexity index is 84.4. The van der Waals surface area contributed by atoms with Gasteiger partial charge in [-0.15, -0.1) is 0 Å². The minimum atomic E-state index is 0.528. The second-order valence-electron chi connectivity index (χ2n) is 2.04. The van der Waals surface area contributed by atoms with Crippen molar-refractivity contribution in [2.24, 2.45) is 0 Å². The quantitative estimate of drug-likeness (QED) is 0.536. The Morgan fingerprint density at radius 2 is 2.12 bits per heavy atom. The monoisotopic (exact) mass is 113 g/mol. The van der Waals surface area contributed by atoms with Crippen LogP contribution in [0.25, 0.3) is 0 Å². The molecule has 0 radical (unpaired) electrons. The van der Waals surface area contributed by atoms with Gasteiger partial charge < -0.3 is 5.32 Å². The maximum atomic E-state index is 3.15. The fourth-order valence-electron chi connectivity index (χ4n) is 0.478. The van der Waals surface area contributed by atoms with E-state index in [-0.39, 0.29) is 0 Å². The third kappa shape index (κ3) is 2.12. The zero-order valence-electron chi connectivity index (χ0n) is 6.15. The molecule has 1 atom stereocenters. The predicted octanol–water partition coefficient (Wildman–Crippen LogP) is 1.56. The van der Waals surface area contributed by atoms with Gasteiger partial charge in [0.05, 0.1) is 0 Å². The number of allylic oxidation sites excluding steroid dienone is 1. The first-order valence-corrected chi connectivity index (χ1v) is 3.02. The van der Waals surface area contributed by atoms with Crippen molar-refractivity contribution in [3.63, 3.8) is 0 Å². The Hall–Kier alpha value is -0.300. The van der Waals surface area contributed by atoms with E-state index in [9.17, 15) is 0 Å². The summed E-state index contributed by atoms with van der Waals surface area (Å²) < 4.78 is 0. The third-order valence-electron chi connectivity index (χ3n) is 1.57. The molecule has 0 saturated heterocycles. The molecular formula is C7H15N. The van der Waals surface area contributed by atoms with Gasteiger partial charge in [-0.3, -0.25) is 0 Å². The lowest BCUT2D eigenvalue weighted by molar-refractivity contribution is 0.691. The van der Waals surface area contributed by atoms with Crippen molar-refractivity contribution in [1.29, 1.82) is 0 Å². The predicted molar refractivity (Wildman–Crippen MR) is 38.0 cm³/mol. The largest absolute Gasteiger partial charge is 0.314 e. The van der Waals surface area contributed by atoms with Crippen LogP contribution in [0.1, 0.15) is 20.8 Å². The van der Waals surface area contributed by atoms with Gasteiger partial charge in [0.15, 0.2) is 0 Å². The van der Waals surface area contributed by atoms with E-state index in [1.165, 1.54) is 5.57 Å². The van der Waals surface area contributed by atoms with Gasteiger partial charge in [-0.05, 0) is 27.8 Å². The number of likely N-dealkylation sites (N-methyl/N-ethyl adjacent to an activating group) is 1. The van der Waals surface area contributed by atoms with Crippen LogP contribution >= 0.6 is 0 Å². The van der Waals surface area contributed by atoms with E-state index in [2.05, 4.69) is 32.2 Å². The van der Waals surface area contributed by atoms with Gasteiger partial charge in [-0.2, -0.15) is 0 Å². The lowest BCUT2D eigenvalue weighted by Crippen LogP contribution is -2.21. The lowest BCUT2D eigenvalue weighted by Gasteiger charge is -2.08. The van der Waals surface area contributed by atoms with Gasteiger partial charge in [0, 0.05) is 6.04 Å². The molecule has 0 unspecified atom stereocenters. The van der Waals surface area contributed by atoms with E-state index in [1.807, 2.05) is 7.05 Å². The van der Waals surface area contributed by atoms with Crippen molar-refractivity contribution in [2.45, 2.75) is 26.8 Å². The van der Waals surface area contributed by atoms with E-state index < -0.39 is 0 Å². The second kappa shape index (κ2) is 3.67. The van der Waals surface area contributed by atoms with Crippen LogP contribution in [0.2, 0.25) is 0 Å². The highest BCUT2D eigenvalue weighted by Gasteiger charge is 1.95. The van der Waals surface area contributed by atoms with Crippen LogP contribution in [-0.4, -0.2) is 13.1 Å². The van der Waals surface area contributed by atoms with Crippen LogP contribution in [0.3, 0.4) is 0 Å². The molecule has 0 spiro atoms. The summed E-state index contributed by atoms with van der Waals surface area (Å²) in [6, 6.07) is 0.528. The van der Waals surface area contributed by atoms with Gasteiger partial charge in [0.25, 0.3) is 0 Å². The molecule has 48 valence electrons. The molecule has 0 heterocycles. The number of rotatable bonds is 2. The first kappa shape index (κ1) is 7.70. The van der Waals surface area contributed by atoms with Crippen LogP contribution in [0.4, 0.5) is 0 Å². The summed E-state index contributed by atoms with van der Waals surface area (Å²) in [5.41, 5.74) is 1.40. The molecule has 0 aromatic rings. The zero-order chi connectivity index (χ0) is 6.57. The summed E-state index contributed by atoms with van der Waals surface area (Å²) in [5.74, 6) is 0. The van der Waals surface area contributed by atoms with Gasteiger partial charge in [0.2, 0.25) is 0 Å². The van der Waals surface area contributed by atoms with Crippen molar-refractivity contribution in [2.75, 3.05) is 7.05 Å². The Morgan fingerprint density at radius 3 is 2.25 bits per heavy atom. The molecular weight excluding hydrogens is 98.1 g/mol. The average molecular weight is 113 g/mol. The fraction of sp³-hybridized carbons (Fsp3) is 0.714. The third-order valence-corrected chi connectivity index (χ3v) is 1.57. The molecule has 1 N–H and O–H groups in total. The first-order chi connectivity index (χ1) is 3.72. The fourth-order valence-corrected chi connectivity index (χ4v) is 0.478. The summed E-state index contributed by atoms with van der Waals surface area (Å²) in [4.78, 5) is 0. The number of hydrogen-bond donors (Lipinski definition) is 1. The van der Waals surface area contributed by atoms with Crippen LogP contribution in [0, 0.1) is 0 Å². The first-order valence-electron chi connectivity index (χ1n) is 3.02. The molecule has 0 rings (SSSR count). The molecule has 1 heteroatoms. The normalized spacial score (nSPS) is 16.2. The molecule has 0 aromatic carbocycles. The van der Waals surface area contributed by atoms with Crippen molar-refractivity contribution >= 4 is 0 Å². The van der Waals surface area contributed by atoms with E-state index in [0.29, 0.717) is 6.04 Å². The second-order valence-corrected chi connectivity index (χ2v) is 2.04. The van der Waals surface area contributed by atoms with E-state index in [1.54, 1.807) is 0 Å². The minimum Gasteiger partial charge on any atom is -0.314 e. The minimum absolute atomic E-state index is 0.528. The van der Waals surface area contributed by atoms with Gasteiger partial charge >= 0.3 is 0 Å². The maximum absolute atomic E-state index is 3.15. The summed E-state index contributed by atoms with van der Waals surface area (Å²) >= 11 is 0. The Morgan fingerprint density at radius 1 is 1.62 bits per heavy atom. The highest BCUT2D eigenvalue weighted by Crippen LogP contribution is 1.97. The van der Waals surface area contributed by atoms with E-state index in [4.69, 9.17) is 0 Å². The molecule has 8 heavy (non-hydrogen) atoms. The summed E-state index contributed by atoms with van der Waals surface area (Å²) in [7, 11) is 1.97. The smallest absolute Gasteiger partial charge is 0.0245 e. The summed E-state index contributed by atoms with van der Waals surface area (Å²) in [6.45, 7) is 6.33. The molecule has 0 aromatic heterocycles. The standard InChI is InChI=1S/C7H15N/c1-5-6(2)7(3)8-4/h5,7-8H,1-4H3/b6-5+/t7-/m0/s1. The molecule has 0 saturated carbocycles.